The fourth-order valence-corrected chi connectivity index (χ4v) is 2.58. The third kappa shape index (κ3) is 3.61. The summed E-state index contributed by atoms with van der Waals surface area (Å²) < 4.78 is 10.6. The number of nitrogens with zero attached hydrogens (tertiary/aromatic N) is 1. The number of carbonyl (C=O) groups excluding carboxylic acids is 1. The highest BCUT2D eigenvalue weighted by molar-refractivity contribution is 5.92. The predicted octanol–water partition coefficient (Wildman–Crippen LogP) is 1.67. The van der Waals surface area contributed by atoms with Crippen LogP contribution in [-0.2, 0) is 4.74 Å². The van der Waals surface area contributed by atoms with E-state index in [0.717, 1.165) is 31.9 Å². The van der Waals surface area contributed by atoms with Gasteiger partial charge in [-0.1, -0.05) is 13.8 Å². The van der Waals surface area contributed by atoms with Gasteiger partial charge in [0.05, 0.1) is 19.5 Å². The minimum atomic E-state index is -0.133. The Labute approximate surface area is 120 Å². The smallest absolute Gasteiger partial charge is 0.287 e. The van der Waals surface area contributed by atoms with Gasteiger partial charge in [-0.05, 0) is 18.9 Å². The number of morpholine rings is 1. The first-order chi connectivity index (χ1) is 9.59. The van der Waals surface area contributed by atoms with Gasteiger partial charge < -0.3 is 14.5 Å². The van der Waals surface area contributed by atoms with E-state index in [1.54, 1.807) is 12.3 Å². The molecule has 1 fully saturated rings. The Bertz CT molecular complexity index is 436. The molecule has 1 aromatic rings. The zero-order valence-corrected chi connectivity index (χ0v) is 12.5. The van der Waals surface area contributed by atoms with Gasteiger partial charge in [-0.15, -0.1) is 0 Å². The Hall–Kier alpha value is -1.33. The molecule has 2 rings (SSSR count). The standard InChI is InChI=1S/C15H24N2O3/c1-11(2)13(17-5-8-19-9-6-17)10-16-15(18)14-12(3)4-7-20-14/h4,7,11,13H,5-6,8-10H2,1-3H3,(H,16,18). The van der Waals surface area contributed by atoms with Gasteiger partial charge in [0.2, 0.25) is 0 Å². The van der Waals surface area contributed by atoms with Gasteiger partial charge in [0.25, 0.3) is 5.91 Å². The molecule has 1 N–H and O–H groups in total. The van der Waals surface area contributed by atoms with Gasteiger partial charge in [0.1, 0.15) is 0 Å². The highest BCUT2D eigenvalue weighted by Crippen LogP contribution is 2.13. The van der Waals surface area contributed by atoms with Crippen LogP contribution >= 0.6 is 0 Å². The first-order valence-corrected chi connectivity index (χ1v) is 7.23. The van der Waals surface area contributed by atoms with E-state index in [4.69, 9.17) is 9.15 Å². The van der Waals surface area contributed by atoms with Crippen molar-refractivity contribution in [3.05, 3.63) is 23.7 Å². The normalized spacial score (nSPS) is 18.2. The lowest BCUT2D eigenvalue weighted by atomic mass is 10.0. The fourth-order valence-electron chi connectivity index (χ4n) is 2.58. The van der Waals surface area contributed by atoms with Crippen molar-refractivity contribution in [1.29, 1.82) is 0 Å². The molecule has 0 aromatic carbocycles. The molecule has 0 spiro atoms. The molecule has 2 heterocycles. The molecule has 5 heteroatoms. The average molecular weight is 280 g/mol. The maximum absolute atomic E-state index is 12.1. The van der Waals surface area contributed by atoms with Crippen molar-refractivity contribution in [1.82, 2.24) is 10.2 Å². The Balaban J connectivity index is 1.92. The molecular weight excluding hydrogens is 256 g/mol. The topological polar surface area (TPSA) is 54.7 Å². The van der Waals surface area contributed by atoms with Gasteiger partial charge in [0, 0.05) is 31.2 Å². The van der Waals surface area contributed by atoms with Gasteiger partial charge in [-0.3, -0.25) is 9.69 Å². The summed E-state index contributed by atoms with van der Waals surface area (Å²) in [5.41, 5.74) is 0.870. The van der Waals surface area contributed by atoms with E-state index in [2.05, 4.69) is 24.1 Å². The molecule has 0 bridgehead atoms. The fraction of sp³-hybridized carbons (Fsp3) is 0.667. The Morgan fingerprint density at radius 2 is 2.10 bits per heavy atom. The molecule has 0 radical (unpaired) electrons. The number of rotatable bonds is 5. The van der Waals surface area contributed by atoms with E-state index in [1.807, 2.05) is 6.92 Å². The molecule has 0 aliphatic carbocycles. The van der Waals surface area contributed by atoms with E-state index < -0.39 is 0 Å². The second kappa shape index (κ2) is 6.90. The van der Waals surface area contributed by atoms with E-state index in [1.165, 1.54) is 0 Å². The molecule has 1 unspecified atom stereocenters. The summed E-state index contributed by atoms with van der Waals surface area (Å²) in [5, 5.41) is 2.99. The predicted molar refractivity (Wildman–Crippen MR) is 76.8 cm³/mol. The highest BCUT2D eigenvalue weighted by Gasteiger charge is 2.25. The van der Waals surface area contributed by atoms with Gasteiger partial charge >= 0.3 is 0 Å². The molecule has 112 valence electrons. The molecule has 1 atom stereocenters. The van der Waals surface area contributed by atoms with E-state index in [-0.39, 0.29) is 5.91 Å². The van der Waals surface area contributed by atoms with Crippen LogP contribution in [0.15, 0.2) is 16.7 Å². The second-order valence-electron chi connectivity index (χ2n) is 5.60. The van der Waals surface area contributed by atoms with Crippen LogP contribution < -0.4 is 5.32 Å². The number of aryl methyl sites for hydroxylation is 1. The van der Waals surface area contributed by atoms with Crippen LogP contribution in [0.4, 0.5) is 0 Å². The molecule has 1 amide bonds. The summed E-state index contributed by atoms with van der Waals surface area (Å²) in [6.45, 7) is 10.3. The summed E-state index contributed by atoms with van der Waals surface area (Å²) >= 11 is 0. The number of carbonyl (C=O) groups is 1. The van der Waals surface area contributed by atoms with Crippen molar-refractivity contribution in [2.75, 3.05) is 32.8 Å². The molecular formula is C15H24N2O3. The average Bonchev–Trinajstić information content (AvgIpc) is 2.86. The van der Waals surface area contributed by atoms with Crippen LogP contribution in [0.5, 0.6) is 0 Å². The van der Waals surface area contributed by atoms with Crippen molar-refractivity contribution < 1.29 is 13.9 Å². The molecule has 1 aliphatic heterocycles. The number of furan rings is 1. The zero-order chi connectivity index (χ0) is 14.5. The summed E-state index contributed by atoms with van der Waals surface area (Å²) in [4.78, 5) is 14.5. The largest absolute Gasteiger partial charge is 0.459 e. The highest BCUT2D eigenvalue weighted by atomic mass is 16.5. The summed E-state index contributed by atoms with van der Waals surface area (Å²) in [6.07, 6.45) is 1.55. The summed E-state index contributed by atoms with van der Waals surface area (Å²) in [5.74, 6) is 0.756. The second-order valence-corrected chi connectivity index (χ2v) is 5.60. The van der Waals surface area contributed by atoms with Gasteiger partial charge in [-0.2, -0.15) is 0 Å². The van der Waals surface area contributed by atoms with Crippen LogP contribution in [0.1, 0.15) is 30.0 Å². The SMILES string of the molecule is Cc1ccoc1C(=O)NCC(C(C)C)N1CCOCC1. The lowest BCUT2D eigenvalue weighted by Gasteiger charge is -2.36. The molecule has 1 saturated heterocycles. The van der Waals surface area contributed by atoms with E-state index in [9.17, 15) is 4.79 Å². The summed E-state index contributed by atoms with van der Waals surface area (Å²) in [6, 6.07) is 2.13. The van der Waals surface area contributed by atoms with Crippen molar-refractivity contribution in [3.8, 4) is 0 Å². The van der Waals surface area contributed by atoms with Crippen LogP contribution in [0.25, 0.3) is 0 Å². The zero-order valence-electron chi connectivity index (χ0n) is 12.5. The molecule has 5 nitrogen and oxygen atoms in total. The van der Waals surface area contributed by atoms with Gasteiger partial charge in [0.15, 0.2) is 5.76 Å². The summed E-state index contributed by atoms with van der Waals surface area (Å²) in [7, 11) is 0. The number of amides is 1. The Morgan fingerprint density at radius 1 is 1.40 bits per heavy atom. The Morgan fingerprint density at radius 3 is 2.65 bits per heavy atom. The third-order valence-electron chi connectivity index (χ3n) is 3.82. The van der Waals surface area contributed by atoms with Crippen molar-refractivity contribution in [2.45, 2.75) is 26.8 Å². The quantitative estimate of drug-likeness (QED) is 0.891. The number of hydrogen-bond acceptors (Lipinski definition) is 4. The lowest BCUT2D eigenvalue weighted by molar-refractivity contribution is 0.00666. The molecule has 1 aliphatic rings. The first kappa shape index (κ1) is 15.1. The third-order valence-corrected chi connectivity index (χ3v) is 3.82. The minimum Gasteiger partial charge on any atom is -0.459 e. The van der Waals surface area contributed by atoms with Crippen molar-refractivity contribution in [2.24, 2.45) is 5.92 Å². The number of hydrogen-bond donors (Lipinski definition) is 1. The number of nitrogens with one attached hydrogen (secondary N) is 1. The Kier molecular flexibility index (Phi) is 5.20. The monoisotopic (exact) mass is 280 g/mol. The maximum Gasteiger partial charge on any atom is 0.287 e. The number of ether oxygens (including phenoxy) is 1. The van der Waals surface area contributed by atoms with Gasteiger partial charge in [-0.25, -0.2) is 0 Å². The van der Waals surface area contributed by atoms with E-state index in [0.29, 0.717) is 24.3 Å². The minimum absolute atomic E-state index is 0.133. The maximum atomic E-state index is 12.1. The molecule has 1 aromatic heterocycles. The van der Waals surface area contributed by atoms with Crippen LogP contribution in [0.3, 0.4) is 0 Å². The van der Waals surface area contributed by atoms with Crippen molar-refractivity contribution >= 4 is 5.91 Å². The lowest BCUT2D eigenvalue weighted by Crippen LogP contribution is -2.51. The van der Waals surface area contributed by atoms with Crippen molar-refractivity contribution in [3.63, 3.8) is 0 Å². The molecule has 20 heavy (non-hydrogen) atoms. The van der Waals surface area contributed by atoms with Crippen LogP contribution in [0, 0.1) is 12.8 Å². The molecule has 0 saturated carbocycles. The van der Waals surface area contributed by atoms with Crippen LogP contribution in [0.2, 0.25) is 0 Å². The van der Waals surface area contributed by atoms with E-state index >= 15 is 0 Å². The van der Waals surface area contributed by atoms with Crippen LogP contribution in [-0.4, -0.2) is 49.7 Å². The first-order valence-electron chi connectivity index (χ1n) is 7.23.